The summed E-state index contributed by atoms with van der Waals surface area (Å²) in [4.78, 5) is 17.6. The molecule has 4 N–H and O–H groups in total. The van der Waals surface area contributed by atoms with Crippen molar-refractivity contribution in [3.8, 4) is 0 Å². The molecule has 0 spiro atoms. The third kappa shape index (κ3) is 3.25. The number of nitrogens with two attached hydrogens (primary N) is 1. The maximum atomic E-state index is 11.2. The van der Waals surface area contributed by atoms with Crippen LogP contribution in [-0.2, 0) is 6.54 Å². The number of likely N-dealkylation sites (tertiary alicyclic amines) is 1. The summed E-state index contributed by atoms with van der Waals surface area (Å²) in [7, 11) is 0. The van der Waals surface area contributed by atoms with Crippen molar-refractivity contribution >= 4 is 5.91 Å². The fraction of sp³-hybridized carbons (Fsp3) is 0.500. The predicted octanol–water partition coefficient (Wildman–Crippen LogP) is -0.358. The maximum absolute atomic E-state index is 11.2. The highest BCUT2D eigenvalue weighted by Crippen LogP contribution is 2.12. The number of hydrogen-bond donors (Lipinski definition) is 3. The molecule has 1 saturated heterocycles. The molecule has 18 heavy (non-hydrogen) atoms. The minimum atomic E-state index is -0.345. The lowest BCUT2D eigenvalue weighted by Crippen LogP contribution is -2.37. The van der Waals surface area contributed by atoms with Gasteiger partial charge in [-0.15, -0.1) is 0 Å². The van der Waals surface area contributed by atoms with Gasteiger partial charge in [-0.05, 0) is 31.5 Å². The molecule has 1 aromatic heterocycles. The first-order chi connectivity index (χ1) is 8.69. The molecule has 1 aliphatic rings. The number of pyridine rings is 1. The number of aliphatic hydroxyl groups excluding tert-OH is 1. The summed E-state index contributed by atoms with van der Waals surface area (Å²) in [6.07, 6.45) is 3.16. The molecular formula is C12H18N4O2. The van der Waals surface area contributed by atoms with E-state index < -0.39 is 0 Å². The Morgan fingerprint density at radius 1 is 1.61 bits per heavy atom. The number of nitrogen functional groups attached to an aromatic ring is 1. The lowest BCUT2D eigenvalue weighted by molar-refractivity contribution is 0.0662. The number of hydrogen-bond acceptors (Lipinski definition) is 5. The van der Waals surface area contributed by atoms with E-state index in [4.69, 9.17) is 5.84 Å². The monoisotopic (exact) mass is 250 g/mol. The first kappa shape index (κ1) is 12.9. The second-order valence-corrected chi connectivity index (χ2v) is 4.54. The van der Waals surface area contributed by atoms with Crippen LogP contribution in [0.4, 0.5) is 0 Å². The van der Waals surface area contributed by atoms with Crippen molar-refractivity contribution in [3.63, 3.8) is 0 Å². The van der Waals surface area contributed by atoms with Crippen LogP contribution in [0.3, 0.4) is 0 Å². The number of β-amino-alcohol motifs (C(OH)–C–C–N with tert-alkyl or cyclic N) is 1. The first-order valence-electron chi connectivity index (χ1n) is 6.05. The van der Waals surface area contributed by atoms with Crippen LogP contribution in [0.25, 0.3) is 0 Å². The molecule has 2 heterocycles. The number of nitrogens with one attached hydrogen (secondary N) is 1. The van der Waals surface area contributed by atoms with E-state index in [0.717, 1.165) is 25.1 Å². The number of rotatable bonds is 3. The average molecular weight is 250 g/mol. The molecule has 1 aliphatic heterocycles. The van der Waals surface area contributed by atoms with Gasteiger partial charge in [0.2, 0.25) is 0 Å². The standard InChI is InChI=1S/C12H18N4O2/c13-15-12(18)9-3-4-10(14-6-9)7-16-5-1-2-11(17)8-16/h3-4,6,11,17H,1-2,5,7-8,13H2,(H,15,18). The van der Waals surface area contributed by atoms with Gasteiger partial charge in [0.25, 0.3) is 5.91 Å². The van der Waals surface area contributed by atoms with Crippen molar-refractivity contribution in [2.75, 3.05) is 13.1 Å². The van der Waals surface area contributed by atoms with Gasteiger partial charge in [0.15, 0.2) is 0 Å². The predicted molar refractivity (Wildman–Crippen MR) is 66.4 cm³/mol. The van der Waals surface area contributed by atoms with Crippen LogP contribution in [0, 0.1) is 0 Å². The van der Waals surface area contributed by atoms with Gasteiger partial charge >= 0.3 is 0 Å². The minimum Gasteiger partial charge on any atom is -0.392 e. The number of amides is 1. The minimum absolute atomic E-state index is 0.235. The molecule has 98 valence electrons. The molecule has 1 atom stereocenters. The second kappa shape index (κ2) is 5.90. The van der Waals surface area contributed by atoms with E-state index in [9.17, 15) is 9.90 Å². The van der Waals surface area contributed by atoms with E-state index in [1.165, 1.54) is 6.20 Å². The van der Waals surface area contributed by atoms with Gasteiger partial charge in [-0.1, -0.05) is 0 Å². The molecule has 1 unspecified atom stereocenters. The number of aromatic nitrogens is 1. The van der Waals surface area contributed by atoms with Gasteiger partial charge in [0.05, 0.1) is 17.4 Å². The Bertz CT molecular complexity index is 407. The largest absolute Gasteiger partial charge is 0.392 e. The lowest BCUT2D eigenvalue weighted by atomic mass is 10.1. The van der Waals surface area contributed by atoms with Crippen molar-refractivity contribution in [2.45, 2.75) is 25.5 Å². The molecule has 2 rings (SSSR count). The van der Waals surface area contributed by atoms with Gasteiger partial charge in [-0.2, -0.15) is 0 Å². The number of aliphatic hydroxyl groups is 1. The fourth-order valence-electron chi connectivity index (χ4n) is 2.14. The van der Waals surface area contributed by atoms with Gasteiger partial charge in [-0.3, -0.25) is 20.1 Å². The molecule has 0 saturated carbocycles. The summed E-state index contributed by atoms with van der Waals surface area (Å²) in [6.45, 7) is 2.36. The molecule has 0 radical (unpaired) electrons. The summed E-state index contributed by atoms with van der Waals surface area (Å²) in [5.74, 6) is 4.70. The molecule has 1 aromatic rings. The van der Waals surface area contributed by atoms with E-state index in [1.54, 1.807) is 6.07 Å². The van der Waals surface area contributed by atoms with Crippen molar-refractivity contribution in [1.82, 2.24) is 15.3 Å². The van der Waals surface area contributed by atoms with Crippen LogP contribution in [0.5, 0.6) is 0 Å². The van der Waals surface area contributed by atoms with Crippen LogP contribution in [0.2, 0.25) is 0 Å². The summed E-state index contributed by atoms with van der Waals surface area (Å²) >= 11 is 0. The molecule has 1 amide bonds. The Kier molecular flexibility index (Phi) is 4.24. The highest BCUT2D eigenvalue weighted by atomic mass is 16.3. The average Bonchev–Trinajstić information content (AvgIpc) is 2.39. The summed E-state index contributed by atoms with van der Waals surface area (Å²) in [6, 6.07) is 3.51. The smallest absolute Gasteiger partial charge is 0.266 e. The van der Waals surface area contributed by atoms with E-state index in [1.807, 2.05) is 6.07 Å². The number of piperidine rings is 1. The molecule has 0 aromatic carbocycles. The second-order valence-electron chi connectivity index (χ2n) is 4.54. The van der Waals surface area contributed by atoms with E-state index >= 15 is 0 Å². The number of carbonyl (C=O) groups excluding carboxylic acids is 1. The normalized spacial score (nSPS) is 20.7. The van der Waals surface area contributed by atoms with Gasteiger partial charge in [0, 0.05) is 19.3 Å². The first-order valence-corrected chi connectivity index (χ1v) is 6.05. The molecule has 1 fully saturated rings. The summed E-state index contributed by atoms with van der Waals surface area (Å²) in [5, 5.41) is 9.58. The Labute approximate surface area is 106 Å². The SMILES string of the molecule is NNC(=O)c1ccc(CN2CCCC(O)C2)nc1. The molecule has 6 heteroatoms. The molecule has 0 bridgehead atoms. The van der Waals surface area contributed by atoms with Gasteiger partial charge in [-0.25, -0.2) is 5.84 Å². The zero-order chi connectivity index (χ0) is 13.0. The summed E-state index contributed by atoms with van der Waals surface area (Å²) < 4.78 is 0. The summed E-state index contributed by atoms with van der Waals surface area (Å²) in [5.41, 5.74) is 3.40. The third-order valence-corrected chi connectivity index (χ3v) is 3.08. The fourth-order valence-corrected chi connectivity index (χ4v) is 2.14. The molecule has 0 aliphatic carbocycles. The van der Waals surface area contributed by atoms with Crippen LogP contribution >= 0.6 is 0 Å². The van der Waals surface area contributed by atoms with E-state index in [0.29, 0.717) is 18.7 Å². The molecule has 6 nitrogen and oxygen atoms in total. The highest BCUT2D eigenvalue weighted by molar-refractivity contribution is 5.93. The quantitative estimate of drug-likeness (QED) is 0.387. The van der Waals surface area contributed by atoms with E-state index in [2.05, 4.69) is 15.3 Å². The lowest BCUT2D eigenvalue weighted by Gasteiger charge is -2.29. The van der Waals surface area contributed by atoms with Crippen molar-refractivity contribution in [1.29, 1.82) is 0 Å². The Morgan fingerprint density at radius 3 is 3.06 bits per heavy atom. The van der Waals surface area contributed by atoms with Crippen molar-refractivity contribution < 1.29 is 9.90 Å². The highest BCUT2D eigenvalue weighted by Gasteiger charge is 2.17. The topological polar surface area (TPSA) is 91.5 Å². The van der Waals surface area contributed by atoms with Crippen molar-refractivity contribution in [2.24, 2.45) is 5.84 Å². The number of carbonyl (C=O) groups is 1. The van der Waals surface area contributed by atoms with E-state index in [-0.39, 0.29) is 12.0 Å². The maximum Gasteiger partial charge on any atom is 0.266 e. The van der Waals surface area contributed by atoms with Crippen LogP contribution < -0.4 is 11.3 Å². The zero-order valence-corrected chi connectivity index (χ0v) is 10.2. The van der Waals surface area contributed by atoms with Crippen LogP contribution in [0.15, 0.2) is 18.3 Å². The van der Waals surface area contributed by atoms with Crippen molar-refractivity contribution in [3.05, 3.63) is 29.6 Å². The Hall–Kier alpha value is -1.50. The number of hydrazine groups is 1. The molecular weight excluding hydrogens is 232 g/mol. The van der Waals surface area contributed by atoms with Crippen LogP contribution in [0.1, 0.15) is 28.9 Å². The zero-order valence-electron chi connectivity index (χ0n) is 10.2. The third-order valence-electron chi connectivity index (χ3n) is 3.08. The number of nitrogens with zero attached hydrogens (tertiary/aromatic N) is 2. The van der Waals surface area contributed by atoms with Crippen LogP contribution in [-0.4, -0.2) is 40.1 Å². The van der Waals surface area contributed by atoms with Gasteiger partial charge < -0.3 is 5.11 Å². The van der Waals surface area contributed by atoms with Gasteiger partial charge in [0.1, 0.15) is 0 Å². The Morgan fingerprint density at radius 2 is 2.44 bits per heavy atom. The Balaban J connectivity index is 1.95.